The van der Waals surface area contributed by atoms with Crippen molar-refractivity contribution < 1.29 is 29.0 Å². The number of alkyl carbamates (subject to hydrolysis) is 1. The van der Waals surface area contributed by atoms with Crippen LogP contribution in [0.2, 0.25) is 5.02 Å². The second kappa shape index (κ2) is 12.8. The third-order valence-corrected chi connectivity index (χ3v) is 6.14. The molecule has 3 rings (SSSR count). The van der Waals surface area contributed by atoms with Gasteiger partial charge < -0.3 is 20.1 Å². The van der Waals surface area contributed by atoms with E-state index in [-0.39, 0.29) is 31.3 Å². The molecule has 0 saturated heterocycles. The Bertz CT molecular complexity index is 1180. The standard InChI is InChI=1S/C28H34ClN3O6/c1-28(2,3)38-27(37)30-15-6-4-5-7-19-8-13-23-22(17-19)26(36)31(16-14-25(34)35)18-24(33)32(23)21-11-9-20(29)10-12-21/h8-13,17H,4-7,14-16,18H2,1-3H3,(H,30,37)(H,34,35). The number of carboxylic acid groups (broad SMARTS) is 1. The van der Waals surface area contributed by atoms with E-state index >= 15 is 0 Å². The fourth-order valence-corrected chi connectivity index (χ4v) is 4.26. The average Bonchev–Trinajstić information content (AvgIpc) is 2.93. The number of ether oxygens (including phenoxy) is 1. The Hall–Kier alpha value is -3.59. The molecule has 0 aromatic heterocycles. The number of carboxylic acids is 1. The van der Waals surface area contributed by atoms with E-state index in [0.717, 1.165) is 24.8 Å². The smallest absolute Gasteiger partial charge is 0.407 e. The van der Waals surface area contributed by atoms with Crippen LogP contribution in [-0.4, -0.2) is 59.1 Å². The van der Waals surface area contributed by atoms with Crippen LogP contribution in [0.3, 0.4) is 0 Å². The van der Waals surface area contributed by atoms with Gasteiger partial charge in [-0.1, -0.05) is 24.1 Å². The lowest BCUT2D eigenvalue weighted by atomic mass is 10.0. The molecule has 2 aromatic carbocycles. The molecule has 1 heterocycles. The molecule has 1 aliphatic rings. The van der Waals surface area contributed by atoms with Crippen molar-refractivity contribution in [2.24, 2.45) is 0 Å². The van der Waals surface area contributed by atoms with Crippen molar-refractivity contribution in [2.45, 2.75) is 58.5 Å². The van der Waals surface area contributed by atoms with E-state index in [1.807, 2.05) is 26.8 Å². The normalized spacial score (nSPS) is 13.7. The summed E-state index contributed by atoms with van der Waals surface area (Å²) in [5.74, 6) is -1.76. The first-order valence-electron chi connectivity index (χ1n) is 12.6. The van der Waals surface area contributed by atoms with Crippen molar-refractivity contribution in [3.05, 3.63) is 58.6 Å². The molecule has 3 amide bonds. The van der Waals surface area contributed by atoms with Crippen molar-refractivity contribution in [3.8, 4) is 0 Å². The number of halogens is 1. The van der Waals surface area contributed by atoms with Gasteiger partial charge in [0.15, 0.2) is 0 Å². The molecular weight excluding hydrogens is 510 g/mol. The zero-order valence-electron chi connectivity index (χ0n) is 22.0. The van der Waals surface area contributed by atoms with Crippen LogP contribution in [0.5, 0.6) is 0 Å². The average molecular weight is 544 g/mol. The fourth-order valence-electron chi connectivity index (χ4n) is 4.14. The highest BCUT2D eigenvalue weighted by Gasteiger charge is 2.32. The van der Waals surface area contributed by atoms with Crippen LogP contribution >= 0.6 is 11.6 Å². The Kier molecular flexibility index (Phi) is 9.74. The lowest BCUT2D eigenvalue weighted by Gasteiger charge is -2.23. The number of aryl methyl sites for hydroxylation is 1. The first-order chi connectivity index (χ1) is 17.9. The molecule has 0 radical (unpaired) electrons. The Labute approximate surface area is 227 Å². The van der Waals surface area contributed by atoms with E-state index in [1.165, 1.54) is 9.80 Å². The van der Waals surface area contributed by atoms with Crippen LogP contribution in [0.1, 0.15) is 62.4 Å². The van der Waals surface area contributed by atoms with Gasteiger partial charge in [-0.3, -0.25) is 19.3 Å². The van der Waals surface area contributed by atoms with E-state index in [2.05, 4.69) is 5.32 Å². The number of hydrogen-bond acceptors (Lipinski definition) is 5. The Morgan fingerprint density at radius 1 is 1.05 bits per heavy atom. The van der Waals surface area contributed by atoms with Gasteiger partial charge in [-0.25, -0.2) is 4.79 Å². The maximum Gasteiger partial charge on any atom is 0.407 e. The summed E-state index contributed by atoms with van der Waals surface area (Å²) >= 11 is 6.03. The zero-order valence-corrected chi connectivity index (χ0v) is 22.7. The summed E-state index contributed by atoms with van der Waals surface area (Å²) in [7, 11) is 0. The maximum atomic E-state index is 13.4. The summed E-state index contributed by atoms with van der Waals surface area (Å²) < 4.78 is 5.23. The van der Waals surface area contributed by atoms with E-state index in [0.29, 0.717) is 34.9 Å². The van der Waals surface area contributed by atoms with Crippen molar-refractivity contribution in [1.82, 2.24) is 10.2 Å². The number of amides is 3. The van der Waals surface area contributed by atoms with Crippen LogP contribution in [0.4, 0.5) is 16.2 Å². The Morgan fingerprint density at radius 2 is 1.76 bits per heavy atom. The predicted molar refractivity (Wildman–Crippen MR) is 145 cm³/mol. The zero-order chi connectivity index (χ0) is 27.9. The van der Waals surface area contributed by atoms with Crippen molar-refractivity contribution >= 4 is 46.9 Å². The quantitative estimate of drug-likeness (QED) is 0.399. The van der Waals surface area contributed by atoms with Crippen LogP contribution in [0, 0.1) is 0 Å². The largest absolute Gasteiger partial charge is 0.481 e. The molecule has 10 heteroatoms. The van der Waals surface area contributed by atoms with Crippen molar-refractivity contribution in [2.75, 3.05) is 24.5 Å². The molecule has 204 valence electrons. The number of nitrogens with zero attached hydrogens (tertiary/aromatic N) is 2. The van der Waals surface area contributed by atoms with Crippen molar-refractivity contribution in [1.29, 1.82) is 0 Å². The first-order valence-corrected chi connectivity index (χ1v) is 13.0. The van der Waals surface area contributed by atoms with Gasteiger partial charge in [-0.2, -0.15) is 0 Å². The third kappa shape index (κ3) is 8.21. The lowest BCUT2D eigenvalue weighted by molar-refractivity contribution is -0.137. The third-order valence-electron chi connectivity index (χ3n) is 5.89. The second-order valence-electron chi connectivity index (χ2n) is 10.2. The molecule has 2 aromatic rings. The van der Waals surface area contributed by atoms with E-state index < -0.39 is 17.7 Å². The molecule has 0 atom stereocenters. The van der Waals surface area contributed by atoms with Gasteiger partial charge in [0.1, 0.15) is 12.1 Å². The summed E-state index contributed by atoms with van der Waals surface area (Å²) in [6, 6.07) is 12.2. The molecule has 9 nitrogen and oxygen atoms in total. The van der Waals surface area contributed by atoms with Crippen molar-refractivity contribution in [3.63, 3.8) is 0 Å². The van der Waals surface area contributed by atoms with E-state index in [9.17, 15) is 19.2 Å². The molecule has 0 spiro atoms. The number of carbonyl (C=O) groups is 4. The number of unbranched alkanes of at least 4 members (excludes halogenated alkanes) is 2. The summed E-state index contributed by atoms with van der Waals surface area (Å²) in [6.07, 6.45) is 2.50. The van der Waals surface area contributed by atoms with Crippen LogP contribution in [0.25, 0.3) is 0 Å². The minimum Gasteiger partial charge on any atom is -0.481 e. The minimum atomic E-state index is -1.04. The highest BCUT2D eigenvalue weighted by atomic mass is 35.5. The molecule has 0 aliphatic carbocycles. The molecule has 0 unspecified atom stereocenters. The second-order valence-corrected chi connectivity index (χ2v) is 10.6. The summed E-state index contributed by atoms with van der Waals surface area (Å²) in [5, 5.41) is 12.4. The molecule has 2 N–H and O–H groups in total. The number of anilines is 2. The summed E-state index contributed by atoms with van der Waals surface area (Å²) in [6.45, 7) is 5.65. The number of aliphatic carboxylic acids is 1. The lowest BCUT2D eigenvalue weighted by Crippen LogP contribution is -2.38. The summed E-state index contributed by atoms with van der Waals surface area (Å²) in [4.78, 5) is 52.4. The Morgan fingerprint density at radius 3 is 2.42 bits per heavy atom. The van der Waals surface area contributed by atoms with Gasteiger partial charge in [-0.15, -0.1) is 0 Å². The van der Waals surface area contributed by atoms with E-state index in [1.54, 1.807) is 36.4 Å². The van der Waals surface area contributed by atoms with Gasteiger partial charge in [0.05, 0.1) is 17.7 Å². The fraction of sp³-hybridized carbons (Fsp3) is 0.429. The first kappa shape index (κ1) is 29.0. The highest BCUT2D eigenvalue weighted by Crippen LogP contribution is 2.34. The predicted octanol–water partition coefficient (Wildman–Crippen LogP) is 5.17. The van der Waals surface area contributed by atoms with Gasteiger partial charge >= 0.3 is 12.1 Å². The van der Waals surface area contributed by atoms with E-state index in [4.69, 9.17) is 21.4 Å². The summed E-state index contributed by atoms with van der Waals surface area (Å²) in [5.41, 5.74) is 1.76. The Balaban J connectivity index is 1.72. The number of rotatable bonds is 10. The molecular formula is C28H34ClN3O6. The number of nitrogens with one attached hydrogen (secondary N) is 1. The molecule has 1 aliphatic heterocycles. The molecule has 0 fully saturated rings. The molecule has 0 saturated carbocycles. The van der Waals surface area contributed by atoms with Crippen LogP contribution in [0.15, 0.2) is 42.5 Å². The molecule has 0 bridgehead atoms. The van der Waals surface area contributed by atoms with Crippen LogP contribution < -0.4 is 10.2 Å². The van der Waals surface area contributed by atoms with Gasteiger partial charge in [0, 0.05) is 23.8 Å². The number of fused-ring (bicyclic) bond motifs is 1. The topological polar surface area (TPSA) is 116 Å². The van der Waals surface area contributed by atoms with Gasteiger partial charge in [0.25, 0.3) is 11.8 Å². The SMILES string of the molecule is CC(C)(C)OC(=O)NCCCCCc1ccc2c(c1)C(=O)N(CCC(=O)O)CC(=O)N2c1ccc(Cl)cc1. The minimum absolute atomic E-state index is 0.0668. The van der Waals surface area contributed by atoms with Gasteiger partial charge in [-0.05, 0) is 82.0 Å². The van der Waals surface area contributed by atoms with Gasteiger partial charge in [0.2, 0.25) is 0 Å². The number of carbonyl (C=O) groups excluding carboxylic acids is 3. The molecule has 38 heavy (non-hydrogen) atoms. The van der Waals surface area contributed by atoms with Crippen LogP contribution in [-0.2, 0) is 20.7 Å². The maximum absolute atomic E-state index is 13.4. The highest BCUT2D eigenvalue weighted by molar-refractivity contribution is 6.30. The monoisotopic (exact) mass is 543 g/mol. The number of hydrogen-bond donors (Lipinski definition) is 2. The number of benzene rings is 2.